The lowest BCUT2D eigenvalue weighted by Gasteiger charge is -2.16. The standard InChI is InChI=1S/C38H33FN6O5S/c1-48-27-7-3-5-21-22(27)10-12-24(21)42-35-34-20(14-15-40-35)18-29(51-34)31-30(36-43-44-38(47)50-36)25(11-8-19-9-13-28(49-2)23(39)17-19)41-33-26-6-4-16-45(26)37(46)32(31)33/h3,5,7,9,13-15,17-18,24,26H,4,6,8,10-12,16H2,1-2H3,(H,40,42)(H,44,47). The fourth-order valence-electron chi connectivity index (χ4n) is 7.99. The summed E-state index contributed by atoms with van der Waals surface area (Å²) in [6, 6.07) is 14.9. The molecule has 51 heavy (non-hydrogen) atoms. The third-order valence-corrected chi connectivity index (χ3v) is 11.5. The lowest BCUT2D eigenvalue weighted by atomic mass is 9.93. The van der Waals surface area contributed by atoms with E-state index in [2.05, 4.69) is 27.6 Å². The number of pyridine rings is 2. The van der Waals surface area contributed by atoms with Gasteiger partial charge < -0.3 is 24.1 Å². The van der Waals surface area contributed by atoms with E-state index in [1.807, 2.05) is 29.2 Å². The van der Waals surface area contributed by atoms with Crippen LogP contribution in [0.25, 0.3) is 32.0 Å². The third kappa shape index (κ3) is 5.17. The van der Waals surface area contributed by atoms with Gasteiger partial charge in [-0.05, 0) is 90.9 Å². The molecular weight excluding hydrogens is 672 g/mol. The van der Waals surface area contributed by atoms with E-state index in [1.54, 1.807) is 19.4 Å². The Morgan fingerprint density at radius 2 is 1.92 bits per heavy atom. The number of rotatable bonds is 9. The number of anilines is 1. The Morgan fingerprint density at radius 3 is 2.73 bits per heavy atom. The molecule has 0 spiro atoms. The van der Waals surface area contributed by atoms with Crippen molar-refractivity contribution < 1.29 is 23.1 Å². The largest absolute Gasteiger partial charge is 0.496 e. The van der Waals surface area contributed by atoms with Crippen molar-refractivity contribution in [2.45, 2.75) is 50.6 Å². The molecule has 1 amide bonds. The Morgan fingerprint density at radius 1 is 1.04 bits per heavy atom. The highest BCUT2D eigenvalue weighted by Crippen LogP contribution is 2.50. The van der Waals surface area contributed by atoms with E-state index in [9.17, 15) is 14.0 Å². The molecule has 6 heterocycles. The molecule has 2 aromatic carbocycles. The van der Waals surface area contributed by atoms with Gasteiger partial charge in [-0.15, -0.1) is 16.4 Å². The zero-order chi connectivity index (χ0) is 34.8. The summed E-state index contributed by atoms with van der Waals surface area (Å²) >= 11 is 1.52. The quantitative estimate of drug-likeness (QED) is 0.163. The molecular formula is C38H33FN6O5S. The maximum Gasteiger partial charge on any atom is 0.434 e. The highest BCUT2D eigenvalue weighted by molar-refractivity contribution is 7.23. The highest BCUT2D eigenvalue weighted by Gasteiger charge is 2.45. The van der Waals surface area contributed by atoms with Crippen LogP contribution in [0.2, 0.25) is 0 Å². The van der Waals surface area contributed by atoms with Crippen LogP contribution in [0, 0.1) is 5.82 Å². The number of methoxy groups -OCH3 is 2. The van der Waals surface area contributed by atoms with Crippen molar-refractivity contribution in [2.75, 3.05) is 26.1 Å². The molecule has 2 N–H and O–H groups in total. The van der Waals surface area contributed by atoms with Crippen molar-refractivity contribution in [3.8, 4) is 33.4 Å². The monoisotopic (exact) mass is 704 g/mol. The van der Waals surface area contributed by atoms with Crippen LogP contribution in [-0.2, 0) is 19.3 Å². The molecule has 0 saturated carbocycles. The van der Waals surface area contributed by atoms with Crippen molar-refractivity contribution in [3.05, 3.63) is 105 Å². The van der Waals surface area contributed by atoms with E-state index in [0.29, 0.717) is 41.8 Å². The molecule has 1 fully saturated rings. The number of nitrogens with one attached hydrogen (secondary N) is 2. The molecule has 1 saturated heterocycles. The van der Waals surface area contributed by atoms with Gasteiger partial charge >= 0.3 is 5.76 Å². The number of carbonyl (C=O) groups excluding carboxylic acids is 1. The van der Waals surface area contributed by atoms with Crippen molar-refractivity contribution in [1.82, 2.24) is 25.1 Å². The van der Waals surface area contributed by atoms with E-state index in [-0.39, 0.29) is 29.6 Å². The van der Waals surface area contributed by atoms with Crippen LogP contribution in [0.4, 0.5) is 10.2 Å². The Bertz CT molecular complexity index is 2420. The minimum Gasteiger partial charge on any atom is -0.496 e. The average Bonchev–Trinajstić information content (AvgIpc) is 3.98. The van der Waals surface area contributed by atoms with Gasteiger partial charge in [0.05, 0.1) is 53.5 Å². The number of halogens is 1. The van der Waals surface area contributed by atoms with Gasteiger partial charge in [-0.1, -0.05) is 18.2 Å². The molecule has 2 unspecified atom stereocenters. The molecule has 0 bridgehead atoms. The lowest BCUT2D eigenvalue weighted by Crippen LogP contribution is -2.22. The third-order valence-electron chi connectivity index (χ3n) is 10.3. The summed E-state index contributed by atoms with van der Waals surface area (Å²) in [6.07, 6.45) is 6.10. The van der Waals surface area contributed by atoms with Crippen molar-refractivity contribution in [1.29, 1.82) is 0 Å². The van der Waals surface area contributed by atoms with Gasteiger partial charge in [0.1, 0.15) is 11.6 Å². The molecule has 2 atom stereocenters. The number of ether oxygens (including phenoxy) is 2. The normalized spacial score (nSPS) is 17.5. The van der Waals surface area contributed by atoms with Gasteiger partial charge in [0.25, 0.3) is 11.8 Å². The summed E-state index contributed by atoms with van der Waals surface area (Å²) in [5.74, 6) is 0.592. The first-order valence-corrected chi connectivity index (χ1v) is 17.8. The summed E-state index contributed by atoms with van der Waals surface area (Å²) in [4.78, 5) is 39.2. The minimum absolute atomic E-state index is 0.0477. The fourth-order valence-corrected chi connectivity index (χ4v) is 9.16. The van der Waals surface area contributed by atoms with Crippen molar-refractivity contribution >= 4 is 33.1 Å². The molecule has 4 aromatic heterocycles. The average molecular weight is 705 g/mol. The van der Waals surface area contributed by atoms with E-state index in [0.717, 1.165) is 63.5 Å². The van der Waals surface area contributed by atoms with Crippen LogP contribution >= 0.6 is 11.3 Å². The fraction of sp³-hybridized carbons (Fsp3) is 0.289. The van der Waals surface area contributed by atoms with Crippen LogP contribution in [0.3, 0.4) is 0 Å². The second-order valence-corrected chi connectivity index (χ2v) is 14.1. The van der Waals surface area contributed by atoms with Crippen molar-refractivity contribution in [3.63, 3.8) is 0 Å². The number of hydrogen-bond acceptors (Lipinski definition) is 10. The highest BCUT2D eigenvalue weighted by atomic mass is 32.1. The van der Waals surface area contributed by atoms with E-state index < -0.39 is 11.6 Å². The number of benzene rings is 2. The molecule has 2 aliphatic heterocycles. The summed E-state index contributed by atoms with van der Waals surface area (Å²) in [6.45, 7) is 0.643. The van der Waals surface area contributed by atoms with Crippen molar-refractivity contribution in [2.24, 2.45) is 0 Å². The van der Waals surface area contributed by atoms with Gasteiger partial charge in [-0.3, -0.25) is 9.78 Å². The number of amides is 1. The van der Waals surface area contributed by atoms with Crippen LogP contribution < -0.4 is 20.5 Å². The molecule has 13 heteroatoms. The first-order valence-electron chi connectivity index (χ1n) is 17.0. The molecule has 1 aliphatic carbocycles. The molecule has 3 aliphatic rings. The smallest absolute Gasteiger partial charge is 0.434 e. The molecule has 9 rings (SSSR count). The number of fused-ring (bicyclic) bond motifs is 5. The maximum atomic E-state index is 14.7. The summed E-state index contributed by atoms with van der Waals surface area (Å²) < 4.78 is 32.0. The lowest BCUT2D eigenvalue weighted by molar-refractivity contribution is 0.0776. The number of aryl methyl sites for hydroxylation is 2. The Balaban J connectivity index is 1.19. The zero-order valence-corrected chi connectivity index (χ0v) is 28.7. The molecule has 258 valence electrons. The van der Waals surface area contributed by atoms with Gasteiger partial charge in [-0.25, -0.2) is 19.3 Å². The van der Waals surface area contributed by atoms with Gasteiger partial charge in [0.2, 0.25) is 0 Å². The number of thiophene rings is 1. The van der Waals surface area contributed by atoms with Gasteiger partial charge in [-0.2, -0.15) is 0 Å². The Hall–Kier alpha value is -5.56. The number of hydrogen-bond donors (Lipinski definition) is 2. The zero-order valence-electron chi connectivity index (χ0n) is 27.9. The van der Waals surface area contributed by atoms with Gasteiger partial charge in [0, 0.05) is 23.2 Å². The molecule has 6 aromatic rings. The SMILES string of the molecule is COc1ccc(CCc2nc3c(c(-c4cc5ccnc(NC6CCc7c(OC)cccc76)c5s4)c2-c2n[nH]c(=O)o2)C(=O)N2CCCC32)cc1F. The summed E-state index contributed by atoms with van der Waals surface area (Å²) in [5, 5.41) is 11.3. The Labute approximate surface area is 295 Å². The first-order chi connectivity index (χ1) is 24.9. The maximum absolute atomic E-state index is 14.7. The predicted molar refractivity (Wildman–Crippen MR) is 190 cm³/mol. The number of H-pyrrole nitrogens is 1. The van der Waals surface area contributed by atoms with Gasteiger partial charge in [0.15, 0.2) is 11.6 Å². The van der Waals surface area contributed by atoms with Crippen LogP contribution in [0.15, 0.2) is 63.9 Å². The van der Waals surface area contributed by atoms with Crippen LogP contribution in [0.1, 0.15) is 69.8 Å². The topological polar surface area (TPSA) is 135 Å². The number of aromatic nitrogens is 4. The second-order valence-electron chi connectivity index (χ2n) is 13.1. The van der Waals surface area contributed by atoms with E-state index in [1.165, 1.54) is 35.6 Å². The summed E-state index contributed by atoms with van der Waals surface area (Å²) in [5.41, 5.74) is 6.09. The van der Waals surface area contributed by atoms with Crippen LogP contribution in [-0.4, -0.2) is 51.7 Å². The van der Waals surface area contributed by atoms with Crippen LogP contribution in [0.5, 0.6) is 11.5 Å². The number of nitrogens with zero attached hydrogens (tertiary/aromatic N) is 4. The number of carbonyl (C=O) groups is 1. The molecule has 0 radical (unpaired) electrons. The first kappa shape index (κ1) is 31.4. The Kier molecular flexibility index (Phi) is 7.60. The second kappa shape index (κ2) is 12.3. The predicted octanol–water partition coefficient (Wildman–Crippen LogP) is 7.03. The van der Waals surface area contributed by atoms with E-state index >= 15 is 0 Å². The van der Waals surface area contributed by atoms with E-state index in [4.69, 9.17) is 23.9 Å². The minimum atomic E-state index is -0.716. The summed E-state index contributed by atoms with van der Waals surface area (Å²) in [7, 11) is 3.13. The molecule has 11 nitrogen and oxygen atoms in total. The number of aromatic amines is 1.